The Bertz CT molecular complexity index is 835. The van der Waals surface area contributed by atoms with E-state index in [-0.39, 0.29) is 30.1 Å². The van der Waals surface area contributed by atoms with Crippen molar-refractivity contribution in [1.29, 1.82) is 0 Å². The van der Waals surface area contributed by atoms with Gasteiger partial charge in [0.2, 0.25) is 11.8 Å². The zero-order chi connectivity index (χ0) is 19.6. The highest BCUT2D eigenvalue weighted by atomic mass is 19.1. The first-order valence-electron chi connectivity index (χ1n) is 9.19. The van der Waals surface area contributed by atoms with Gasteiger partial charge in [-0.25, -0.2) is 9.37 Å². The third-order valence-electron chi connectivity index (χ3n) is 5.26. The summed E-state index contributed by atoms with van der Waals surface area (Å²) in [6.07, 6.45) is 4.10. The van der Waals surface area contributed by atoms with Crippen LogP contribution < -0.4 is 0 Å². The summed E-state index contributed by atoms with van der Waals surface area (Å²) in [7, 11) is 3.57. The normalized spacial score (nSPS) is 19.6. The molecule has 2 heterocycles. The SMILES string of the molecule is CCN1C(=O)C[C@H](C(=O)N(C)CCc2ccccc2F)[C@H]1c1nccn1C. The maximum atomic E-state index is 13.8. The van der Waals surface area contributed by atoms with Crippen molar-refractivity contribution in [3.05, 3.63) is 53.9 Å². The van der Waals surface area contributed by atoms with E-state index < -0.39 is 5.92 Å². The number of nitrogens with zero attached hydrogens (tertiary/aromatic N) is 4. The van der Waals surface area contributed by atoms with Crippen LogP contribution in [-0.4, -0.2) is 51.3 Å². The molecule has 1 fully saturated rings. The van der Waals surface area contributed by atoms with E-state index >= 15 is 0 Å². The molecule has 0 spiro atoms. The van der Waals surface area contributed by atoms with Gasteiger partial charge >= 0.3 is 0 Å². The van der Waals surface area contributed by atoms with E-state index in [0.29, 0.717) is 30.9 Å². The molecule has 2 atom stereocenters. The monoisotopic (exact) mass is 372 g/mol. The van der Waals surface area contributed by atoms with E-state index in [2.05, 4.69) is 4.98 Å². The number of imidazole rings is 1. The fraction of sp³-hybridized carbons (Fsp3) is 0.450. The van der Waals surface area contributed by atoms with Crippen molar-refractivity contribution in [2.24, 2.45) is 13.0 Å². The van der Waals surface area contributed by atoms with Crippen LogP contribution in [0, 0.1) is 11.7 Å². The minimum atomic E-state index is -0.482. The molecule has 1 saturated heterocycles. The summed E-state index contributed by atoms with van der Waals surface area (Å²) < 4.78 is 15.7. The molecule has 1 aromatic carbocycles. The van der Waals surface area contributed by atoms with Crippen molar-refractivity contribution < 1.29 is 14.0 Å². The molecule has 2 amide bonds. The quantitative estimate of drug-likeness (QED) is 0.781. The number of hydrogen-bond acceptors (Lipinski definition) is 3. The zero-order valence-electron chi connectivity index (χ0n) is 15.9. The first-order chi connectivity index (χ1) is 12.9. The van der Waals surface area contributed by atoms with E-state index in [4.69, 9.17) is 0 Å². The van der Waals surface area contributed by atoms with Crippen LogP contribution in [0.2, 0.25) is 0 Å². The molecular weight excluding hydrogens is 347 g/mol. The van der Waals surface area contributed by atoms with Crippen LogP contribution in [0.5, 0.6) is 0 Å². The van der Waals surface area contributed by atoms with Gasteiger partial charge < -0.3 is 14.4 Å². The Hall–Kier alpha value is -2.70. The molecule has 6 nitrogen and oxygen atoms in total. The topological polar surface area (TPSA) is 58.4 Å². The van der Waals surface area contributed by atoms with Crippen LogP contribution in [0.25, 0.3) is 0 Å². The molecule has 0 unspecified atom stereocenters. The van der Waals surface area contributed by atoms with Crippen LogP contribution in [0.3, 0.4) is 0 Å². The van der Waals surface area contributed by atoms with Crippen LogP contribution in [0.15, 0.2) is 36.7 Å². The summed E-state index contributed by atoms with van der Waals surface area (Å²) in [6, 6.07) is 6.21. The Morgan fingerprint density at radius 1 is 1.37 bits per heavy atom. The Kier molecular flexibility index (Phi) is 5.58. The Morgan fingerprint density at radius 3 is 2.74 bits per heavy atom. The minimum Gasteiger partial charge on any atom is -0.345 e. The van der Waals surface area contributed by atoms with E-state index in [1.54, 1.807) is 41.2 Å². The van der Waals surface area contributed by atoms with Gasteiger partial charge in [0, 0.05) is 46.0 Å². The van der Waals surface area contributed by atoms with E-state index in [1.165, 1.54) is 6.07 Å². The molecule has 1 aromatic heterocycles. The van der Waals surface area contributed by atoms with Crippen molar-refractivity contribution in [3.63, 3.8) is 0 Å². The minimum absolute atomic E-state index is 0.0358. The summed E-state index contributed by atoms with van der Waals surface area (Å²) in [5.41, 5.74) is 0.579. The second-order valence-electron chi connectivity index (χ2n) is 6.93. The highest BCUT2D eigenvalue weighted by molar-refractivity contribution is 5.90. The third-order valence-corrected chi connectivity index (χ3v) is 5.26. The summed E-state index contributed by atoms with van der Waals surface area (Å²) in [5.74, 6) is -0.180. The molecule has 0 bridgehead atoms. The number of aryl methyl sites for hydroxylation is 1. The van der Waals surface area contributed by atoms with Gasteiger partial charge in [0.05, 0.1) is 5.92 Å². The van der Waals surface area contributed by atoms with Gasteiger partial charge in [0.25, 0.3) is 0 Å². The number of amides is 2. The summed E-state index contributed by atoms with van der Waals surface area (Å²) in [4.78, 5) is 33.2. The molecular formula is C20H25FN4O2. The third kappa shape index (κ3) is 3.72. The molecule has 3 rings (SSSR count). The second kappa shape index (κ2) is 7.90. The Labute approximate surface area is 158 Å². The van der Waals surface area contributed by atoms with Crippen molar-refractivity contribution in [2.75, 3.05) is 20.1 Å². The van der Waals surface area contributed by atoms with Gasteiger partial charge in [-0.05, 0) is 25.0 Å². The first-order valence-corrected chi connectivity index (χ1v) is 9.19. The Balaban J connectivity index is 1.76. The predicted octanol–water partition coefficient (Wildman–Crippen LogP) is 2.17. The molecule has 0 N–H and O–H groups in total. The standard InChI is InChI=1S/C20H25FN4O2/c1-4-25-17(26)13-15(18(25)19-22-10-12-23(19)2)20(27)24(3)11-9-14-7-5-6-8-16(14)21/h5-8,10,12,15,18H,4,9,11,13H2,1-3H3/t15-,18-/m0/s1. The van der Waals surface area contributed by atoms with Crippen molar-refractivity contribution >= 4 is 11.8 Å². The molecule has 144 valence electrons. The van der Waals surface area contributed by atoms with E-state index in [1.807, 2.05) is 24.7 Å². The van der Waals surface area contributed by atoms with Crippen LogP contribution >= 0.6 is 0 Å². The number of carbonyl (C=O) groups is 2. The maximum absolute atomic E-state index is 13.8. The number of rotatable bonds is 6. The highest BCUT2D eigenvalue weighted by Crippen LogP contribution is 2.38. The average Bonchev–Trinajstić information content (AvgIpc) is 3.22. The van der Waals surface area contributed by atoms with Crippen molar-refractivity contribution in [2.45, 2.75) is 25.8 Å². The van der Waals surface area contributed by atoms with Gasteiger partial charge in [0.15, 0.2) is 0 Å². The molecule has 2 aromatic rings. The van der Waals surface area contributed by atoms with Gasteiger partial charge in [-0.1, -0.05) is 18.2 Å². The van der Waals surface area contributed by atoms with Gasteiger partial charge in [-0.3, -0.25) is 9.59 Å². The molecule has 27 heavy (non-hydrogen) atoms. The smallest absolute Gasteiger partial charge is 0.228 e. The number of likely N-dealkylation sites (N-methyl/N-ethyl adjacent to an activating group) is 1. The summed E-state index contributed by atoms with van der Waals surface area (Å²) >= 11 is 0. The average molecular weight is 372 g/mol. The van der Waals surface area contributed by atoms with Crippen molar-refractivity contribution in [3.8, 4) is 0 Å². The lowest BCUT2D eigenvalue weighted by molar-refractivity contribution is -0.135. The fourth-order valence-corrected chi connectivity index (χ4v) is 3.75. The maximum Gasteiger partial charge on any atom is 0.228 e. The molecule has 7 heteroatoms. The lowest BCUT2D eigenvalue weighted by Crippen LogP contribution is -2.38. The predicted molar refractivity (Wildman–Crippen MR) is 99.2 cm³/mol. The summed E-state index contributed by atoms with van der Waals surface area (Å²) in [5, 5.41) is 0. The van der Waals surface area contributed by atoms with Crippen molar-refractivity contribution in [1.82, 2.24) is 19.4 Å². The number of aromatic nitrogens is 2. The first kappa shape index (κ1) is 19.1. The number of carbonyl (C=O) groups excluding carboxylic acids is 2. The molecule has 1 aliphatic rings. The molecule has 1 aliphatic heterocycles. The number of likely N-dealkylation sites (tertiary alicyclic amines) is 1. The van der Waals surface area contributed by atoms with Gasteiger partial charge in [-0.15, -0.1) is 0 Å². The number of benzene rings is 1. The van der Waals surface area contributed by atoms with Gasteiger partial charge in [-0.2, -0.15) is 0 Å². The molecule has 0 saturated carbocycles. The van der Waals surface area contributed by atoms with Gasteiger partial charge in [0.1, 0.15) is 17.7 Å². The highest BCUT2D eigenvalue weighted by Gasteiger charge is 2.46. The van der Waals surface area contributed by atoms with E-state index in [0.717, 1.165) is 0 Å². The summed E-state index contributed by atoms with van der Waals surface area (Å²) in [6.45, 7) is 2.82. The zero-order valence-corrected chi connectivity index (χ0v) is 15.9. The lowest BCUT2D eigenvalue weighted by Gasteiger charge is -2.28. The fourth-order valence-electron chi connectivity index (χ4n) is 3.75. The van der Waals surface area contributed by atoms with Crippen LogP contribution in [0.4, 0.5) is 4.39 Å². The number of hydrogen-bond donors (Lipinski definition) is 0. The van der Waals surface area contributed by atoms with Crippen LogP contribution in [0.1, 0.15) is 30.8 Å². The second-order valence-corrected chi connectivity index (χ2v) is 6.93. The molecule has 0 radical (unpaired) electrons. The number of halogens is 1. The Morgan fingerprint density at radius 2 is 2.11 bits per heavy atom. The largest absolute Gasteiger partial charge is 0.345 e. The lowest BCUT2D eigenvalue weighted by atomic mass is 9.97. The molecule has 0 aliphatic carbocycles. The van der Waals surface area contributed by atoms with Crippen LogP contribution in [-0.2, 0) is 23.1 Å². The van der Waals surface area contributed by atoms with E-state index in [9.17, 15) is 14.0 Å².